The van der Waals surface area contributed by atoms with Crippen LogP contribution in [0.4, 0.5) is 4.79 Å². The molecule has 3 aliphatic rings. The lowest BCUT2D eigenvalue weighted by atomic mass is 9.89. The van der Waals surface area contributed by atoms with Gasteiger partial charge >= 0.3 is 6.03 Å². The highest BCUT2D eigenvalue weighted by Crippen LogP contribution is 2.35. The van der Waals surface area contributed by atoms with Gasteiger partial charge in [0, 0.05) is 37.5 Å². The van der Waals surface area contributed by atoms with Gasteiger partial charge in [-0.3, -0.25) is 19.3 Å². The van der Waals surface area contributed by atoms with E-state index in [1.807, 2.05) is 0 Å². The number of nitrogens with zero attached hydrogens (tertiary/aromatic N) is 2. The molecular formula is C22H25Cl2N3O4. The third-order valence-corrected chi connectivity index (χ3v) is 7.41. The standard InChI is InChI=1S/C22H25Cl2N3O4/c23-16-4-3-15(13-17(16)24)19(29)14-5-10-26(11-6-14)18(28)7-12-27-20(30)22(25-21(27)31)8-1-2-9-22/h3-4,13-14H,1-2,5-12H2,(H,25,31). The van der Waals surface area contributed by atoms with E-state index < -0.39 is 11.6 Å². The summed E-state index contributed by atoms with van der Waals surface area (Å²) < 4.78 is 0. The summed E-state index contributed by atoms with van der Waals surface area (Å²) >= 11 is 11.9. The number of urea groups is 1. The fraction of sp³-hybridized carbons (Fsp3) is 0.545. The summed E-state index contributed by atoms with van der Waals surface area (Å²) in [6, 6.07) is 4.47. The largest absolute Gasteiger partial charge is 0.343 e. The fourth-order valence-electron chi connectivity index (χ4n) is 4.84. The number of Topliss-reactive ketones (excluding diaryl/α,β-unsaturated/α-hetero) is 1. The predicted octanol–water partition coefficient (Wildman–Crippen LogP) is 3.67. The van der Waals surface area contributed by atoms with Gasteiger partial charge in [-0.05, 0) is 43.9 Å². The molecule has 1 aromatic carbocycles. The van der Waals surface area contributed by atoms with Crippen molar-refractivity contribution in [3.63, 3.8) is 0 Å². The van der Waals surface area contributed by atoms with Crippen LogP contribution >= 0.6 is 23.2 Å². The van der Waals surface area contributed by atoms with Crippen LogP contribution in [0.5, 0.6) is 0 Å². The number of carbonyl (C=O) groups excluding carboxylic acids is 4. The van der Waals surface area contributed by atoms with Crippen LogP contribution in [0.3, 0.4) is 0 Å². The molecule has 1 N–H and O–H groups in total. The van der Waals surface area contributed by atoms with Gasteiger partial charge in [-0.2, -0.15) is 0 Å². The van der Waals surface area contributed by atoms with Gasteiger partial charge in [0.05, 0.1) is 10.0 Å². The molecule has 1 aromatic rings. The van der Waals surface area contributed by atoms with Crippen LogP contribution < -0.4 is 5.32 Å². The molecule has 0 unspecified atom stereocenters. The number of benzene rings is 1. The Bertz CT molecular complexity index is 921. The van der Waals surface area contributed by atoms with E-state index in [1.54, 1.807) is 23.1 Å². The van der Waals surface area contributed by atoms with E-state index in [0.29, 0.717) is 54.4 Å². The smallest absolute Gasteiger partial charge is 0.325 e. The molecule has 1 aliphatic carbocycles. The Morgan fingerprint density at radius 3 is 2.39 bits per heavy atom. The molecule has 4 rings (SSSR count). The Balaban J connectivity index is 1.28. The van der Waals surface area contributed by atoms with Crippen molar-refractivity contribution in [1.82, 2.24) is 15.1 Å². The third kappa shape index (κ3) is 4.30. The SMILES string of the molecule is O=C(c1ccc(Cl)c(Cl)c1)C1CCN(C(=O)CCN2C(=O)NC3(CCCC3)C2=O)CC1. The zero-order valence-corrected chi connectivity index (χ0v) is 18.7. The summed E-state index contributed by atoms with van der Waals surface area (Å²) in [6.45, 7) is 1.04. The van der Waals surface area contributed by atoms with Gasteiger partial charge in [-0.15, -0.1) is 0 Å². The number of halogens is 2. The van der Waals surface area contributed by atoms with Crippen LogP contribution in [-0.4, -0.2) is 58.6 Å². The highest BCUT2D eigenvalue weighted by molar-refractivity contribution is 6.42. The van der Waals surface area contributed by atoms with E-state index in [9.17, 15) is 19.2 Å². The van der Waals surface area contributed by atoms with Gasteiger partial charge in [0.1, 0.15) is 5.54 Å². The normalized spacial score (nSPS) is 21.1. The summed E-state index contributed by atoms with van der Waals surface area (Å²) in [5.74, 6) is -0.469. The first-order valence-electron chi connectivity index (χ1n) is 10.7. The van der Waals surface area contributed by atoms with Gasteiger partial charge in [-0.1, -0.05) is 36.0 Å². The molecule has 7 nitrogen and oxygen atoms in total. The van der Waals surface area contributed by atoms with Crippen molar-refractivity contribution in [1.29, 1.82) is 0 Å². The zero-order valence-electron chi connectivity index (χ0n) is 17.2. The molecule has 4 amide bonds. The number of imide groups is 1. The highest BCUT2D eigenvalue weighted by Gasteiger charge is 2.52. The number of rotatable bonds is 5. The number of ketones is 1. The Hall–Kier alpha value is -2.12. The van der Waals surface area contributed by atoms with Crippen molar-refractivity contribution in [3.05, 3.63) is 33.8 Å². The summed E-state index contributed by atoms with van der Waals surface area (Å²) in [7, 11) is 0. The van der Waals surface area contributed by atoms with Crippen molar-refractivity contribution in [2.75, 3.05) is 19.6 Å². The minimum absolute atomic E-state index is 0.00635. The molecule has 1 saturated carbocycles. The van der Waals surface area contributed by atoms with E-state index >= 15 is 0 Å². The monoisotopic (exact) mass is 465 g/mol. The molecule has 9 heteroatoms. The first-order chi connectivity index (χ1) is 14.8. The van der Waals surface area contributed by atoms with Crippen LogP contribution in [0.15, 0.2) is 18.2 Å². The van der Waals surface area contributed by atoms with E-state index in [-0.39, 0.29) is 36.5 Å². The van der Waals surface area contributed by atoms with Crippen LogP contribution in [0.2, 0.25) is 10.0 Å². The molecule has 2 aliphatic heterocycles. The topological polar surface area (TPSA) is 86.8 Å². The third-order valence-electron chi connectivity index (χ3n) is 6.67. The summed E-state index contributed by atoms with van der Waals surface area (Å²) in [5, 5.41) is 3.58. The maximum absolute atomic E-state index is 12.7. The van der Waals surface area contributed by atoms with E-state index in [4.69, 9.17) is 23.2 Å². The molecule has 0 radical (unpaired) electrons. The fourth-order valence-corrected chi connectivity index (χ4v) is 5.14. The van der Waals surface area contributed by atoms with Crippen molar-refractivity contribution >= 4 is 46.8 Å². The highest BCUT2D eigenvalue weighted by atomic mass is 35.5. The molecule has 2 heterocycles. The van der Waals surface area contributed by atoms with Gasteiger partial charge in [0.25, 0.3) is 5.91 Å². The van der Waals surface area contributed by atoms with Crippen molar-refractivity contribution in [3.8, 4) is 0 Å². The molecule has 3 fully saturated rings. The van der Waals surface area contributed by atoms with Gasteiger partial charge in [0.15, 0.2) is 5.78 Å². The van der Waals surface area contributed by atoms with Crippen molar-refractivity contribution in [2.45, 2.75) is 50.5 Å². The van der Waals surface area contributed by atoms with Gasteiger partial charge in [0.2, 0.25) is 5.91 Å². The van der Waals surface area contributed by atoms with Crippen LogP contribution in [0.1, 0.15) is 55.3 Å². The maximum Gasteiger partial charge on any atom is 0.325 e. The van der Waals surface area contributed by atoms with Gasteiger partial charge < -0.3 is 10.2 Å². The minimum Gasteiger partial charge on any atom is -0.343 e. The second kappa shape index (κ2) is 8.79. The van der Waals surface area contributed by atoms with Crippen LogP contribution in [0, 0.1) is 5.92 Å². The molecule has 2 saturated heterocycles. The van der Waals surface area contributed by atoms with Crippen LogP contribution in [0.25, 0.3) is 0 Å². The number of hydrogen-bond donors (Lipinski definition) is 1. The lowest BCUT2D eigenvalue weighted by Crippen LogP contribution is -2.44. The summed E-state index contributed by atoms with van der Waals surface area (Å²) in [6.07, 6.45) is 4.42. The number of likely N-dealkylation sites (tertiary alicyclic amines) is 1. The lowest BCUT2D eigenvalue weighted by molar-refractivity contribution is -0.134. The van der Waals surface area contributed by atoms with Crippen molar-refractivity contribution in [2.24, 2.45) is 5.92 Å². The quantitative estimate of drug-likeness (QED) is 0.530. The van der Waals surface area contributed by atoms with Crippen LogP contribution in [-0.2, 0) is 9.59 Å². The first kappa shape index (κ1) is 22.1. The Labute approximate surface area is 191 Å². The Kier molecular flexibility index (Phi) is 6.26. The molecule has 31 heavy (non-hydrogen) atoms. The minimum atomic E-state index is -0.747. The first-order valence-corrected chi connectivity index (χ1v) is 11.5. The molecule has 0 bridgehead atoms. The molecular weight excluding hydrogens is 441 g/mol. The lowest BCUT2D eigenvalue weighted by Gasteiger charge is -2.31. The average Bonchev–Trinajstić information content (AvgIpc) is 3.33. The predicted molar refractivity (Wildman–Crippen MR) is 116 cm³/mol. The molecule has 1 spiro atoms. The second-order valence-electron chi connectivity index (χ2n) is 8.57. The number of nitrogens with one attached hydrogen (secondary N) is 1. The Morgan fingerprint density at radius 2 is 1.74 bits per heavy atom. The van der Waals surface area contributed by atoms with E-state index in [0.717, 1.165) is 12.8 Å². The molecule has 0 atom stereocenters. The zero-order chi connectivity index (χ0) is 22.2. The van der Waals surface area contributed by atoms with E-state index in [1.165, 1.54) is 4.90 Å². The number of hydrogen-bond acceptors (Lipinski definition) is 4. The average molecular weight is 466 g/mol. The molecule has 0 aromatic heterocycles. The number of piperidine rings is 1. The maximum atomic E-state index is 12.7. The second-order valence-corrected chi connectivity index (χ2v) is 9.39. The number of carbonyl (C=O) groups is 4. The summed E-state index contributed by atoms with van der Waals surface area (Å²) in [4.78, 5) is 53.2. The van der Waals surface area contributed by atoms with Gasteiger partial charge in [-0.25, -0.2) is 4.79 Å². The van der Waals surface area contributed by atoms with Crippen molar-refractivity contribution < 1.29 is 19.2 Å². The number of amides is 4. The van der Waals surface area contributed by atoms with E-state index in [2.05, 4.69) is 5.32 Å². The summed E-state index contributed by atoms with van der Waals surface area (Å²) in [5.41, 5.74) is -0.220. The Morgan fingerprint density at radius 1 is 1.06 bits per heavy atom. The molecule has 166 valence electrons.